The van der Waals surface area contributed by atoms with Crippen LogP contribution in [0.25, 0.3) is 0 Å². The smallest absolute Gasteiger partial charge is 0.378 e. The van der Waals surface area contributed by atoms with E-state index in [9.17, 15) is 31.9 Å². The van der Waals surface area contributed by atoms with Crippen LogP contribution in [0, 0.1) is 5.92 Å². The molecule has 3 rings (SSSR count). The first kappa shape index (κ1) is 17.4. The number of carbonyl (C=O) groups excluding carboxylic acids is 1. The number of hydrogen-bond acceptors (Lipinski definition) is 3. The van der Waals surface area contributed by atoms with Crippen LogP contribution in [0.5, 0.6) is 0 Å². The first-order valence-electron chi connectivity index (χ1n) is 7.78. The second kappa shape index (κ2) is 5.82. The summed E-state index contributed by atoms with van der Waals surface area (Å²) >= 11 is 0. The number of amides is 2. The highest BCUT2D eigenvalue weighted by Crippen LogP contribution is 2.40. The fourth-order valence-corrected chi connectivity index (χ4v) is 3.59. The molecule has 10 heteroatoms. The summed E-state index contributed by atoms with van der Waals surface area (Å²) in [7, 11) is 0. The minimum Gasteiger partial charge on any atom is -0.378 e. The third-order valence-electron chi connectivity index (χ3n) is 4.94. The monoisotopic (exact) mass is 355 g/mol. The molecule has 1 N–H and O–H groups in total. The number of urea groups is 1. The number of alkyl halides is 5. The molecule has 1 saturated heterocycles. The fourth-order valence-electron chi connectivity index (χ4n) is 3.59. The van der Waals surface area contributed by atoms with Crippen molar-refractivity contribution in [1.29, 1.82) is 0 Å². The number of hydrazone groups is 1. The van der Waals surface area contributed by atoms with Gasteiger partial charge in [-0.2, -0.15) is 18.3 Å². The summed E-state index contributed by atoms with van der Waals surface area (Å²) in [4.78, 5) is 13.2. The minimum atomic E-state index is -4.82. The Morgan fingerprint density at radius 2 is 1.75 bits per heavy atom. The predicted octanol–water partition coefficient (Wildman–Crippen LogP) is 2.25. The van der Waals surface area contributed by atoms with E-state index in [-0.39, 0.29) is 19.3 Å². The Labute approximate surface area is 135 Å². The standard InChI is InChI=1S/C14H18F5N3O2/c15-9-3-8(4-10(16)5-9)11-1-2-20-22(11)12(23)21-6-13(24,7-21)14(17,18)19/h2,8-11,24H,1,3-7H2/t8?,9?,10?,11-/m0/s1. The topological polar surface area (TPSA) is 56.1 Å². The van der Waals surface area contributed by atoms with E-state index >= 15 is 0 Å². The van der Waals surface area contributed by atoms with Gasteiger partial charge in [0.25, 0.3) is 0 Å². The zero-order chi connectivity index (χ0) is 17.7. The van der Waals surface area contributed by atoms with Crippen molar-refractivity contribution in [1.82, 2.24) is 9.91 Å². The molecule has 0 aromatic heterocycles. The fraction of sp³-hybridized carbons (Fsp3) is 0.857. The molecular formula is C14H18F5N3O2. The van der Waals surface area contributed by atoms with Crippen molar-refractivity contribution in [3.8, 4) is 0 Å². The van der Waals surface area contributed by atoms with Crippen LogP contribution in [0.1, 0.15) is 25.7 Å². The third kappa shape index (κ3) is 2.96. The molecule has 0 spiro atoms. The summed E-state index contributed by atoms with van der Waals surface area (Å²) in [5.41, 5.74) is -2.90. The predicted molar refractivity (Wildman–Crippen MR) is 73.8 cm³/mol. The van der Waals surface area contributed by atoms with Gasteiger partial charge < -0.3 is 10.0 Å². The van der Waals surface area contributed by atoms with Gasteiger partial charge in [-0.05, 0) is 18.8 Å². The first-order chi connectivity index (χ1) is 11.1. The van der Waals surface area contributed by atoms with Gasteiger partial charge in [-0.3, -0.25) is 0 Å². The average Bonchev–Trinajstić information content (AvgIpc) is 2.90. The number of likely N-dealkylation sites (tertiary alicyclic amines) is 1. The third-order valence-corrected chi connectivity index (χ3v) is 4.94. The number of aliphatic hydroxyl groups is 1. The van der Waals surface area contributed by atoms with Gasteiger partial charge in [-0.25, -0.2) is 18.6 Å². The Kier molecular flexibility index (Phi) is 4.21. The van der Waals surface area contributed by atoms with E-state index in [4.69, 9.17) is 0 Å². The Bertz CT molecular complexity index is 525. The number of halogens is 5. The lowest BCUT2D eigenvalue weighted by molar-refractivity contribution is -0.295. The summed E-state index contributed by atoms with van der Waals surface area (Å²) in [6, 6.07) is -1.34. The number of carbonyl (C=O) groups is 1. The number of β-amino-alcohol motifs (C(OH)–C–C–N with tert-alkyl or cyclic N) is 1. The maximum absolute atomic E-state index is 13.6. The number of hydrogen-bond donors (Lipinski definition) is 1. The molecular weight excluding hydrogens is 337 g/mol. The van der Waals surface area contributed by atoms with Crippen LogP contribution in [0.15, 0.2) is 5.10 Å². The van der Waals surface area contributed by atoms with Crippen molar-refractivity contribution in [2.75, 3.05) is 13.1 Å². The lowest BCUT2D eigenvalue weighted by Crippen LogP contribution is -2.71. The highest BCUT2D eigenvalue weighted by molar-refractivity contribution is 5.79. The summed E-state index contributed by atoms with van der Waals surface area (Å²) in [5.74, 6) is -0.432. The molecule has 0 aromatic carbocycles. The molecule has 136 valence electrons. The van der Waals surface area contributed by atoms with Gasteiger partial charge in [-0.15, -0.1) is 0 Å². The second-order valence-corrected chi connectivity index (χ2v) is 6.78. The highest BCUT2D eigenvalue weighted by atomic mass is 19.4. The van der Waals surface area contributed by atoms with Crippen LogP contribution in [-0.2, 0) is 0 Å². The first-order valence-corrected chi connectivity index (χ1v) is 7.78. The molecule has 2 fully saturated rings. The van der Waals surface area contributed by atoms with E-state index in [0.717, 1.165) is 9.91 Å². The van der Waals surface area contributed by atoms with Gasteiger partial charge in [0.05, 0.1) is 19.1 Å². The SMILES string of the molecule is O=C(N1CC(O)(C(F)(F)F)C1)N1N=CC[C@H]1C1CC(F)CC(F)C1. The molecule has 2 aliphatic heterocycles. The molecule has 1 aliphatic carbocycles. The summed E-state index contributed by atoms with van der Waals surface area (Å²) in [6.45, 7) is -1.73. The van der Waals surface area contributed by atoms with Crippen LogP contribution in [0.3, 0.4) is 0 Å². The van der Waals surface area contributed by atoms with E-state index in [2.05, 4.69) is 5.10 Å². The van der Waals surface area contributed by atoms with Crippen LogP contribution in [0.4, 0.5) is 26.7 Å². The van der Waals surface area contributed by atoms with Crippen molar-refractivity contribution in [3.63, 3.8) is 0 Å². The molecule has 5 nitrogen and oxygen atoms in total. The average molecular weight is 355 g/mol. The lowest BCUT2D eigenvalue weighted by Gasteiger charge is -2.48. The van der Waals surface area contributed by atoms with E-state index in [1.54, 1.807) is 0 Å². The van der Waals surface area contributed by atoms with Gasteiger partial charge >= 0.3 is 12.2 Å². The quantitative estimate of drug-likeness (QED) is 0.734. The molecule has 2 amide bonds. The van der Waals surface area contributed by atoms with E-state index in [1.165, 1.54) is 6.21 Å². The maximum atomic E-state index is 13.6. The van der Waals surface area contributed by atoms with Crippen LogP contribution in [-0.4, -0.2) is 70.5 Å². The molecule has 3 aliphatic rings. The van der Waals surface area contributed by atoms with Crippen molar-refractivity contribution in [3.05, 3.63) is 0 Å². The second-order valence-electron chi connectivity index (χ2n) is 6.78. The Balaban J connectivity index is 1.64. The molecule has 3 atom stereocenters. The van der Waals surface area contributed by atoms with Crippen LogP contribution >= 0.6 is 0 Å². The summed E-state index contributed by atoms with van der Waals surface area (Å²) in [5, 5.41) is 14.3. The zero-order valence-corrected chi connectivity index (χ0v) is 12.7. The number of nitrogens with zero attached hydrogens (tertiary/aromatic N) is 3. The zero-order valence-electron chi connectivity index (χ0n) is 12.7. The molecule has 0 bridgehead atoms. The van der Waals surface area contributed by atoms with Crippen molar-refractivity contribution in [2.45, 2.75) is 55.8 Å². The summed E-state index contributed by atoms with van der Waals surface area (Å²) < 4.78 is 65.1. The van der Waals surface area contributed by atoms with Gasteiger partial charge in [0.2, 0.25) is 0 Å². The molecule has 2 heterocycles. The number of rotatable bonds is 1. The minimum absolute atomic E-state index is 0.102. The molecule has 0 radical (unpaired) electrons. The summed E-state index contributed by atoms with van der Waals surface area (Å²) in [6.07, 6.45) is -5.63. The Morgan fingerprint density at radius 1 is 1.17 bits per heavy atom. The van der Waals surface area contributed by atoms with Gasteiger partial charge in [0.15, 0.2) is 5.60 Å². The van der Waals surface area contributed by atoms with E-state index in [1.807, 2.05) is 0 Å². The maximum Gasteiger partial charge on any atom is 0.420 e. The van der Waals surface area contributed by atoms with Gasteiger partial charge in [0.1, 0.15) is 12.3 Å². The largest absolute Gasteiger partial charge is 0.420 e. The van der Waals surface area contributed by atoms with Gasteiger partial charge in [-0.1, -0.05) is 0 Å². The highest BCUT2D eigenvalue weighted by Gasteiger charge is 2.63. The normalized spacial score (nSPS) is 35.9. The molecule has 1 saturated carbocycles. The Morgan fingerprint density at radius 3 is 2.29 bits per heavy atom. The lowest BCUT2D eigenvalue weighted by atomic mass is 9.81. The van der Waals surface area contributed by atoms with Crippen LogP contribution in [0.2, 0.25) is 0 Å². The van der Waals surface area contributed by atoms with Crippen LogP contribution < -0.4 is 0 Å². The molecule has 0 aromatic rings. The van der Waals surface area contributed by atoms with E-state index in [0.29, 0.717) is 6.42 Å². The van der Waals surface area contributed by atoms with Crippen molar-refractivity contribution in [2.24, 2.45) is 11.0 Å². The molecule has 24 heavy (non-hydrogen) atoms. The Hall–Kier alpha value is -1.45. The van der Waals surface area contributed by atoms with Crippen molar-refractivity contribution < 1.29 is 31.9 Å². The van der Waals surface area contributed by atoms with Crippen molar-refractivity contribution >= 4 is 12.2 Å². The molecule has 2 unspecified atom stereocenters. The van der Waals surface area contributed by atoms with E-state index < -0.39 is 55.2 Å². The van der Waals surface area contributed by atoms with Gasteiger partial charge in [0, 0.05) is 19.1 Å².